The summed E-state index contributed by atoms with van der Waals surface area (Å²) in [5, 5.41) is 10.5. The van der Waals surface area contributed by atoms with Crippen LogP contribution in [0.5, 0.6) is 11.5 Å². The predicted octanol–water partition coefficient (Wildman–Crippen LogP) is 2.41. The quantitative estimate of drug-likeness (QED) is 0.556. The SMILES string of the molecule is CNCC(C=N)c1cc(Oc2ccc(N)cc2)ccn1. The predicted molar refractivity (Wildman–Crippen MR) is 80.6 cm³/mol. The Morgan fingerprint density at radius 1 is 1.30 bits per heavy atom. The van der Waals surface area contributed by atoms with Gasteiger partial charge in [0.15, 0.2) is 0 Å². The van der Waals surface area contributed by atoms with Crippen LogP contribution in [0.3, 0.4) is 0 Å². The van der Waals surface area contributed by atoms with Gasteiger partial charge < -0.3 is 21.2 Å². The fourth-order valence-corrected chi connectivity index (χ4v) is 1.83. The fourth-order valence-electron chi connectivity index (χ4n) is 1.83. The van der Waals surface area contributed by atoms with Crippen molar-refractivity contribution in [3.8, 4) is 11.5 Å². The summed E-state index contributed by atoms with van der Waals surface area (Å²) in [5.41, 5.74) is 7.15. The molecule has 0 aliphatic carbocycles. The summed E-state index contributed by atoms with van der Waals surface area (Å²) in [6.07, 6.45) is 3.07. The summed E-state index contributed by atoms with van der Waals surface area (Å²) < 4.78 is 5.76. The number of nitrogens with zero attached hydrogens (tertiary/aromatic N) is 1. The molecule has 0 aliphatic rings. The number of hydrogen-bond acceptors (Lipinski definition) is 5. The van der Waals surface area contributed by atoms with E-state index in [1.807, 2.05) is 25.2 Å². The van der Waals surface area contributed by atoms with E-state index < -0.39 is 0 Å². The van der Waals surface area contributed by atoms with E-state index >= 15 is 0 Å². The Kier molecular flexibility index (Phi) is 4.68. The third-order valence-corrected chi connectivity index (χ3v) is 2.87. The highest BCUT2D eigenvalue weighted by Crippen LogP contribution is 2.24. The van der Waals surface area contributed by atoms with Gasteiger partial charge in [0.05, 0.1) is 5.69 Å². The van der Waals surface area contributed by atoms with Gasteiger partial charge in [-0.15, -0.1) is 0 Å². The van der Waals surface area contributed by atoms with Crippen LogP contribution in [0, 0.1) is 5.41 Å². The first kappa shape index (κ1) is 14.0. The number of ether oxygens (including phenoxy) is 1. The molecule has 1 aromatic heterocycles. The summed E-state index contributed by atoms with van der Waals surface area (Å²) in [6.45, 7) is 0.668. The van der Waals surface area contributed by atoms with Gasteiger partial charge in [0.1, 0.15) is 11.5 Å². The van der Waals surface area contributed by atoms with Crippen molar-refractivity contribution in [1.29, 1.82) is 5.41 Å². The number of nitrogens with two attached hydrogens (primary N) is 1. The van der Waals surface area contributed by atoms with Crippen LogP contribution >= 0.6 is 0 Å². The monoisotopic (exact) mass is 270 g/mol. The lowest BCUT2D eigenvalue weighted by Gasteiger charge is -2.12. The van der Waals surface area contributed by atoms with Gasteiger partial charge in [0.25, 0.3) is 0 Å². The van der Waals surface area contributed by atoms with Crippen LogP contribution in [0.1, 0.15) is 11.6 Å². The van der Waals surface area contributed by atoms with Crippen molar-refractivity contribution >= 4 is 11.9 Å². The van der Waals surface area contributed by atoms with E-state index in [1.54, 1.807) is 24.4 Å². The highest BCUT2D eigenvalue weighted by molar-refractivity contribution is 5.64. The van der Waals surface area contributed by atoms with Gasteiger partial charge >= 0.3 is 0 Å². The molecule has 0 aliphatic heterocycles. The van der Waals surface area contributed by atoms with Crippen molar-refractivity contribution in [3.05, 3.63) is 48.3 Å². The van der Waals surface area contributed by atoms with Crippen LogP contribution in [0.15, 0.2) is 42.6 Å². The standard InChI is InChI=1S/C15H18N4O/c1-18-10-11(9-16)15-8-14(6-7-19-15)20-13-4-2-12(17)3-5-13/h2-9,11,16,18H,10,17H2,1H3. The van der Waals surface area contributed by atoms with Crippen LogP contribution in [-0.4, -0.2) is 24.8 Å². The van der Waals surface area contributed by atoms with E-state index in [0.29, 0.717) is 18.0 Å². The lowest BCUT2D eigenvalue weighted by Crippen LogP contribution is -2.18. The zero-order chi connectivity index (χ0) is 14.4. The van der Waals surface area contributed by atoms with Crippen LogP contribution < -0.4 is 15.8 Å². The number of nitrogens with one attached hydrogen (secondary N) is 2. The van der Waals surface area contributed by atoms with Gasteiger partial charge in [-0.2, -0.15) is 0 Å². The highest BCUT2D eigenvalue weighted by Gasteiger charge is 2.10. The molecule has 1 aromatic carbocycles. The maximum Gasteiger partial charge on any atom is 0.130 e. The van der Waals surface area contributed by atoms with Gasteiger partial charge in [-0.1, -0.05) is 0 Å². The number of anilines is 1. The van der Waals surface area contributed by atoms with Crippen LogP contribution in [-0.2, 0) is 0 Å². The molecular weight excluding hydrogens is 252 g/mol. The molecule has 0 radical (unpaired) electrons. The Morgan fingerprint density at radius 2 is 2.05 bits per heavy atom. The number of likely N-dealkylation sites (N-methyl/N-ethyl adjacent to an activating group) is 1. The first-order chi connectivity index (χ1) is 9.72. The lowest BCUT2D eigenvalue weighted by molar-refractivity contribution is 0.480. The second kappa shape index (κ2) is 6.68. The molecule has 5 heteroatoms. The van der Waals surface area contributed by atoms with E-state index in [4.69, 9.17) is 15.9 Å². The maximum atomic E-state index is 7.46. The van der Waals surface area contributed by atoms with Crippen LogP contribution in [0.2, 0.25) is 0 Å². The number of pyridine rings is 1. The Labute approximate surface area is 118 Å². The zero-order valence-corrected chi connectivity index (χ0v) is 11.3. The Morgan fingerprint density at radius 3 is 2.70 bits per heavy atom. The molecule has 104 valence electrons. The van der Waals surface area contributed by atoms with Crippen molar-refractivity contribution in [2.24, 2.45) is 0 Å². The molecule has 1 unspecified atom stereocenters. The van der Waals surface area contributed by atoms with Gasteiger partial charge in [0.2, 0.25) is 0 Å². The molecule has 1 heterocycles. The largest absolute Gasteiger partial charge is 0.457 e. The summed E-state index contributed by atoms with van der Waals surface area (Å²) in [4.78, 5) is 4.29. The molecular formula is C15H18N4O. The van der Waals surface area contributed by atoms with Crippen LogP contribution in [0.4, 0.5) is 5.69 Å². The third kappa shape index (κ3) is 3.55. The number of benzene rings is 1. The van der Waals surface area contributed by atoms with Gasteiger partial charge in [-0.05, 0) is 37.4 Å². The first-order valence-corrected chi connectivity index (χ1v) is 6.37. The lowest BCUT2D eigenvalue weighted by atomic mass is 10.1. The average Bonchev–Trinajstić information content (AvgIpc) is 2.47. The number of nitrogen functional groups attached to an aromatic ring is 1. The molecule has 0 bridgehead atoms. The summed E-state index contributed by atoms with van der Waals surface area (Å²) in [5.74, 6) is 1.36. The average molecular weight is 270 g/mol. The molecule has 0 saturated heterocycles. The molecule has 20 heavy (non-hydrogen) atoms. The zero-order valence-electron chi connectivity index (χ0n) is 11.3. The van der Waals surface area contributed by atoms with E-state index in [-0.39, 0.29) is 5.92 Å². The smallest absolute Gasteiger partial charge is 0.130 e. The van der Waals surface area contributed by atoms with Gasteiger partial charge in [0, 0.05) is 36.6 Å². The number of aromatic nitrogens is 1. The molecule has 1 atom stereocenters. The maximum absolute atomic E-state index is 7.46. The Hall–Kier alpha value is -2.40. The van der Waals surface area contributed by atoms with E-state index in [1.165, 1.54) is 6.21 Å². The van der Waals surface area contributed by atoms with E-state index in [0.717, 1.165) is 11.4 Å². The van der Waals surface area contributed by atoms with Gasteiger partial charge in [-0.3, -0.25) is 4.98 Å². The molecule has 2 rings (SSSR count). The molecule has 5 nitrogen and oxygen atoms in total. The molecule has 0 fully saturated rings. The normalized spacial score (nSPS) is 11.8. The van der Waals surface area contributed by atoms with E-state index in [9.17, 15) is 0 Å². The van der Waals surface area contributed by atoms with Crippen molar-refractivity contribution < 1.29 is 4.74 Å². The molecule has 0 saturated carbocycles. The first-order valence-electron chi connectivity index (χ1n) is 6.37. The van der Waals surface area contributed by atoms with Crippen molar-refractivity contribution in [1.82, 2.24) is 10.3 Å². The van der Waals surface area contributed by atoms with Crippen molar-refractivity contribution in [2.45, 2.75) is 5.92 Å². The molecule has 2 aromatic rings. The van der Waals surface area contributed by atoms with Crippen molar-refractivity contribution in [3.63, 3.8) is 0 Å². The Bertz CT molecular complexity index is 568. The number of rotatable bonds is 6. The van der Waals surface area contributed by atoms with Gasteiger partial charge in [-0.25, -0.2) is 0 Å². The minimum Gasteiger partial charge on any atom is -0.457 e. The van der Waals surface area contributed by atoms with Crippen LogP contribution in [0.25, 0.3) is 0 Å². The second-order valence-electron chi connectivity index (χ2n) is 4.42. The fraction of sp³-hybridized carbons (Fsp3) is 0.200. The minimum absolute atomic E-state index is 0.0602. The second-order valence-corrected chi connectivity index (χ2v) is 4.42. The summed E-state index contributed by atoms with van der Waals surface area (Å²) >= 11 is 0. The number of hydrogen-bond donors (Lipinski definition) is 3. The van der Waals surface area contributed by atoms with Crippen molar-refractivity contribution in [2.75, 3.05) is 19.3 Å². The molecule has 0 amide bonds. The third-order valence-electron chi connectivity index (χ3n) is 2.87. The highest BCUT2D eigenvalue weighted by atomic mass is 16.5. The summed E-state index contributed by atoms with van der Waals surface area (Å²) in [6, 6.07) is 10.9. The summed E-state index contributed by atoms with van der Waals surface area (Å²) in [7, 11) is 1.85. The topological polar surface area (TPSA) is 84.0 Å². The molecule has 0 spiro atoms. The molecule has 4 N–H and O–H groups in total. The Balaban J connectivity index is 2.16. The van der Waals surface area contributed by atoms with E-state index in [2.05, 4.69) is 10.3 Å². The minimum atomic E-state index is -0.0602.